The smallest absolute Gasteiger partial charge is 0.478 e. The number of likely N-dealkylation sites (N-methyl/N-ethyl adjacent to an activating group) is 1. The topological polar surface area (TPSA) is 148 Å². The Balaban J connectivity index is 1.60. The largest absolute Gasteiger partial charge is 0.573 e. The summed E-state index contributed by atoms with van der Waals surface area (Å²) in [7, 11) is 1.66. The number of primary amides is 1. The highest BCUT2D eigenvalue weighted by atomic mass is 32.1. The molecule has 1 aliphatic heterocycles. The number of thiazole rings is 1. The number of benzene rings is 2. The van der Waals surface area contributed by atoms with Gasteiger partial charge in [0.1, 0.15) is 5.75 Å². The number of halogens is 3. The molecule has 37 heavy (non-hydrogen) atoms. The summed E-state index contributed by atoms with van der Waals surface area (Å²) in [6.07, 6.45) is -1.84. The first-order valence-electron chi connectivity index (χ1n) is 10.6. The zero-order valence-electron chi connectivity index (χ0n) is 18.9. The average Bonchev–Trinajstić information content (AvgIpc) is 3.51. The van der Waals surface area contributed by atoms with E-state index in [0.29, 0.717) is 21.6 Å². The van der Waals surface area contributed by atoms with Gasteiger partial charge < -0.3 is 31.1 Å². The van der Waals surface area contributed by atoms with Gasteiger partial charge in [-0.05, 0) is 36.4 Å². The number of ether oxygens (including phenoxy) is 1. The molecule has 2 aromatic carbocycles. The molecule has 0 spiro atoms. The van der Waals surface area contributed by atoms with Crippen LogP contribution in [0.2, 0.25) is 0 Å². The van der Waals surface area contributed by atoms with Crippen LogP contribution in [0.4, 0.5) is 29.7 Å². The predicted octanol–water partition coefficient (Wildman–Crippen LogP) is 3.44. The molecule has 11 nitrogen and oxygen atoms in total. The van der Waals surface area contributed by atoms with Gasteiger partial charge in [0.2, 0.25) is 11.7 Å². The number of hydrogen-bond donors (Lipinski definition) is 4. The van der Waals surface area contributed by atoms with E-state index in [1.807, 2.05) is 0 Å². The maximum Gasteiger partial charge on any atom is 0.573 e. The summed E-state index contributed by atoms with van der Waals surface area (Å²) in [6, 6.07) is 8.56. The molecule has 4 aromatic rings. The Morgan fingerprint density at radius 1 is 1.27 bits per heavy atom. The van der Waals surface area contributed by atoms with Crippen LogP contribution in [-0.2, 0) is 4.79 Å². The number of nitrogens with one attached hydrogen (secondary N) is 2. The van der Waals surface area contributed by atoms with Crippen molar-refractivity contribution in [3.05, 3.63) is 60.4 Å². The van der Waals surface area contributed by atoms with Crippen LogP contribution in [0.25, 0.3) is 10.2 Å². The number of carbonyl (C=O) groups is 2. The van der Waals surface area contributed by atoms with E-state index >= 15 is 0 Å². The molecule has 5 rings (SSSR count). The van der Waals surface area contributed by atoms with Crippen LogP contribution in [0.5, 0.6) is 5.75 Å². The normalized spacial score (nSPS) is 17.8. The lowest BCUT2D eigenvalue weighted by molar-refractivity contribution is -0.274. The molecule has 0 fully saturated rings. The van der Waals surface area contributed by atoms with Gasteiger partial charge in [-0.3, -0.25) is 9.48 Å². The Labute approximate surface area is 210 Å². The molecule has 0 saturated carbocycles. The van der Waals surface area contributed by atoms with Crippen LogP contribution >= 0.6 is 11.3 Å². The Morgan fingerprint density at radius 2 is 2.05 bits per heavy atom. The van der Waals surface area contributed by atoms with Crippen molar-refractivity contribution in [2.75, 3.05) is 22.6 Å². The van der Waals surface area contributed by atoms with E-state index in [4.69, 9.17) is 5.73 Å². The first-order chi connectivity index (χ1) is 17.5. The molecular weight excluding hydrogens is 515 g/mol. The minimum absolute atomic E-state index is 0.0161. The number of aromatic carboxylic acids is 1. The van der Waals surface area contributed by atoms with Crippen LogP contribution < -0.4 is 26.0 Å². The molecule has 0 aliphatic carbocycles. The van der Waals surface area contributed by atoms with Gasteiger partial charge in [0.25, 0.3) is 0 Å². The van der Waals surface area contributed by atoms with Crippen molar-refractivity contribution in [2.45, 2.75) is 18.2 Å². The number of carbonyl (C=O) groups excluding carboxylic acids is 1. The van der Waals surface area contributed by atoms with Gasteiger partial charge in [0.05, 0.1) is 27.2 Å². The SMILES string of the molecule is CN1c2ccc(C(=O)O)cc2NC1(Nc1nc2ccc(OC(F)(F)F)cc2s1)C(C(N)=O)n1cccn1. The fraction of sp³-hybridized carbons (Fsp3) is 0.182. The van der Waals surface area contributed by atoms with Crippen molar-refractivity contribution >= 4 is 49.9 Å². The molecule has 0 saturated heterocycles. The summed E-state index contributed by atoms with van der Waals surface area (Å²) in [5.74, 6) is -3.85. The second kappa shape index (κ2) is 8.55. The highest BCUT2D eigenvalue weighted by molar-refractivity contribution is 7.22. The van der Waals surface area contributed by atoms with E-state index in [-0.39, 0.29) is 10.7 Å². The Bertz CT molecular complexity index is 1510. The van der Waals surface area contributed by atoms with E-state index in [9.17, 15) is 27.9 Å². The molecule has 3 heterocycles. The zero-order chi connectivity index (χ0) is 26.5. The van der Waals surface area contributed by atoms with Crippen molar-refractivity contribution < 1.29 is 32.6 Å². The van der Waals surface area contributed by atoms with Gasteiger partial charge in [0, 0.05) is 25.5 Å². The number of amides is 1. The van der Waals surface area contributed by atoms with E-state index in [0.717, 1.165) is 17.4 Å². The molecule has 0 radical (unpaired) electrons. The van der Waals surface area contributed by atoms with E-state index in [2.05, 4.69) is 25.5 Å². The first kappa shape index (κ1) is 24.2. The quantitative estimate of drug-likeness (QED) is 0.280. The van der Waals surface area contributed by atoms with Crippen LogP contribution in [0.3, 0.4) is 0 Å². The lowest BCUT2D eigenvalue weighted by atomic mass is 10.1. The van der Waals surface area contributed by atoms with Crippen molar-refractivity contribution in [1.29, 1.82) is 0 Å². The molecule has 2 aromatic heterocycles. The Hall–Kier alpha value is -4.53. The van der Waals surface area contributed by atoms with E-state index in [1.165, 1.54) is 35.1 Å². The number of carboxylic acid groups (broad SMARTS) is 1. The third kappa shape index (κ3) is 4.33. The van der Waals surface area contributed by atoms with Crippen molar-refractivity contribution in [3.8, 4) is 5.75 Å². The highest BCUT2D eigenvalue weighted by Crippen LogP contribution is 2.45. The van der Waals surface area contributed by atoms with Crippen LogP contribution in [0.1, 0.15) is 16.4 Å². The summed E-state index contributed by atoms with van der Waals surface area (Å²) >= 11 is 1.03. The number of hydrogen-bond acceptors (Lipinski definition) is 9. The average molecular weight is 533 g/mol. The molecule has 1 amide bonds. The van der Waals surface area contributed by atoms with Gasteiger partial charge in [-0.25, -0.2) is 9.78 Å². The number of rotatable bonds is 7. The van der Waals surface area contributed by atoms with E-state index in [1.54, 1.807) is 30.3 Å². The number of aromatic nitrogens is 3. The maximum atomic E-state index is 12.8. The minimum Gasteiger partial charge on any atom is -0.478 e. The Kier molecular flexibility index (Phi) is 5.58. The lowest BCUT2D eigenvalue weighted by Gasteiger charge is -2.42. The predicted molar refractivity (Wildman–Crippen MR) is 129 cm³/mol. The monoisotopic (exact) mass is 533 g/mol. The maximum absolute atomic E-state index is 12.8. The lowest BCUT2D eigenvalue weighted by Crippen LogP contribution is -2.64. The number of nitrogens with zero attached hydrogens (tertiary/aromatic N) is 4. The summed E-state index contributed by atoms with van der Waals surface area (Å²) in [4.78, 5) is 30.5. The van der Waals surface area contributed by atoms with Crippen LogP contribution in [0, 0.1) is 0 Å². The number of anilines is 3. The van der Waals surface area contributed by atoms with Gasteiger partial charge in [0.15, 0.2) is 11.2 Å². The first-order valence-corrected chi connectivity index (χ1v) is 11.4. The molecule has 192 valence electrons. The van der Waals surface area contributed by atoms with Crippen LogP contribution in [-0.4, -0.2) is 50.9 Å². The van der Waals surface area contributed by atoms with Crippen molar-refractivity contribution in [3.63, 3.8) is 0 Å². The number of nitrogens with two attached hydrogens (primary N) is 1. The molecule has 1 aliphatic rings. The summed E-state index contributed by atoms with van der Waals surface area (Å²) in [5, 5.41) is 20.2. The summed E-state index contributed by atoms with van der Waals surface area (Å²) in [5.41, 5.74) is 7.19. The second-order valence-corrected chi connectivity index (χ2v) is 9.13. The fourth-order valence-corrected chi connectivity index (χ4v) is 5.21. The third-order valence-corrected chi connectivity index (χ3v) is 6.74. The van der Waals surface area contributed by atoms with Gasteiger partial charge >= 0.3 is 12.3 Å². The fourth-order valence-electron chi connectivity index (χ4n) is 4.26. The number of carboxylic acids is 1. The van der Waals surface area contributed by atoms with Crippen LogP contribution in [0.15, 0.2) is 54.9 Å². The summed E-state index contributed by atoms with van der Waals surface area (Å²) < 4.78 is 43.7. The van der Waals surface area contributed by atoms with Gasteiger partial charge in [-0.2, -0.15) is 5.10 Å². The summed E-state index contributed by atoms with van der Waals surface area (Å²) in [6.45, 7) is 0. The molecule has 15 heteroatoms. The zero-order valence-corrected chi connectivity index (χ0v) is 19.7. The molecule has 5 N–H and O–H groups in total. The second-order valence-electron chi connectivity index (χ2n) is 8.10. The van der Waals surface area contributed by atoms with Gasteiger partial charge in [-0.1, -0.05) is 11.3 Å². The van der Waals surface area contributed by atoms with Crippen molar-refractivity contribution in [2.24, 2.45) is 5.73 Å². The highest BCUT2D eigenvalue weighted by Gasteiger charge is 2.53. The molecule has 2 atom stereocenters. The molecule has 2 unspecified atom stereocenters. The molecular formula is C22H18F3N7O4S. The Morgan fingerprint density at radius 3 is 2.70 bits per heavy atom. The van der Waals surface area contributed by atoms with E-state index < -0.39 is 35.8 Å². The molecule has 0 bridgehead atoms. The third-order valence-electron chi connectivity index (χ3n) is 5.80. The number of alkyl halides is 3. The van der Waals surface area contributed by atoms with Crippen molar-refractivity contribution in [1.82, 2.24) is 14.8 Å². The number of fused-ring (bicyclic) bond motifs is 2. The minimum atomic E-state index is -4.85. The van der Waals surface area contributed by atoms with Gasteiger partial charge in [-0.15, -0.1) is 13.2 Å². The standard InChI is InChI=1S/C22H18F3N7O4S/c1-31-15-6-3-11(19(34)35)9-14(15)29-21(31,17(18(26)33)32-8-2-7-27-32)30-20-28-13-5-4-12(10-16(13)37-20)36-22(23,24)25/h2-10,17,29H,1H3,(H2,26,33)(H,28,30)(H,34,35).